The molecule has 0 atom stereocenters. The summed E-state index contributed by atoms with van der Waals surface area (Å²) in [6, 6.07) is 14.1. The highest BCUT2D eigenvalue weighted by atomic mass is 19.1. The lowest BCUT2D eigenvalue weighted by atomic mass is 10.1. The van der Waals surface area contributed by atoms with Crippen molar-refractivity contribution in [1.29, 1.82) is 0 Å². The fourth-order valence-corrected chi connectivity index (χ4v) is 2.36. The van der Waals surface area contributed by atoms with E-state index in [1.807, 2.05) is 31.2 Å². The van der Waals surface area contributed by atoms with Crippen molar-refractivity contribution in [2.75, 3.05) is 12.5 Å². The molecule has 3 rings (SSSR count). The number of aryl methyl sites for hydroxylation is 1. The van der Waals surface area contributed by atoms with Gasteiger partial charge in [0.2, 0.25) is 0 Å². The number of anilines is 1. The Morgan fingerprint density at radius 1 is 1.17 bits per heavy atom. The monoisotopic (exact) mass is 309 g/mol. The Morgan fingerprint density at radius 2 is 2.00 bits per heavy atom. The van der Waals surface area contributed by atoms with E-state index in [0.29, 0.717) is 11.3 Å². The van der Waals surface area contributed by atoms with Crippen molar-refractivity contribution in [2.45, 2.75) is 6.92 Å². The maximum absolute atomic E-state index is 13.6. The number of hydrazone groups is 1. The van der Waals surface area contributed by atoms with Crippen molar-refractivity contribution < 1.29 is 9.13 Å². The molecule has 0 radical (unpaired) electrons. The van der Waals surface area contributed by atoms with Crippen molar-refractivity contribution in [3.8, 4) is 5.75 Å². The molecule has 3 aromatic rings. The number of rotatable bonds is 4. The number of benzene rings is 2. The molecule has 4 nitrogen and oxygen atoms in total. The molecule has 0 unspecified atom stereocenters. The Balaban J connectivity index is 1.96. The SMILES string of the molecule is COc1cccc2c(N/N=C\c3ccccc3F)cc(C)nc12. The predicted octanol–water partition coefficient (Wildman–Crippen LogP) is 4.14. The van der Waals surface area contributed by atoms with E-state index in [2.05, 4.69) is 15.5 Å². The quantitative estimate of drug-likeness (QED) is 0.582. The first kappa shape index (κ1) is 15.0. The number of para-hydroxylation sites is 1. The molecule has 1 N–H and O–H groups in total. The number of halogens is 1. The number of methoxy groups -OCH3 is 1. The highest BCUT2D eigenvalue weighted by Crippen LogP contribution is 2.29. The van der Waals surface area contributed by atoms with Crippen LogP contribution in [0, 0.1) is 12.7 Å². The van der Waals surface area contributed by atoms with Gasteiger partial charge in [0.15, 0.2) is 0 Å². The highest BCUT2D eigenvalue weighted by Gasteiger charge is 2.08. The van der Waals surface area contributed by atoms with E-state index in [1.54, 1.807) is 25.3 Å². The zero-order valence-corrected chi connectivity index (χ0v) is 12.9. The molecule has 1 aromatic heterocycles. The maximum Gasteiger partial charge on any atom is 0.145 e. The van der Waals surface area contributed by atoms with Crippen molar-refractivity contribution in [3.63, 3.8) is 0 Å². The van der Waals surface area contributed by atoms with Gasteiger partial charge in [0, 0.05) is 16.6 Å². The van der Waals surface area contributed by atoms with Crippen molar-refractivity contribution >= 4 is 22.8 Å². The summed E-state index contributed by atoms with van der Waals surface area (Å²) in [5.41, 5.74) is 5.78. The molecule has 0 aliphatic heterocycles. The Kier molecular flexibility index (Phi) is 4.19. The second-order valence-corrected chi connectivity index (χ2v) is 5.06. The molecule has 2 aromatic carbocycles. The van der Waals surface area contributed by atoms with Gasteiger partial charge >= 0.3 is 0 Å². The highest BCUT2D eigenvalue weighted by molar-refractivity contribution is 5.95. The van der Waals surface area contributed by atoms with E-state index < -0.39 is 0 Å². The third kappa shape index (κ3) is 3.13. The summed E-state index contributed by atoms with van der Waals surface area (Å²) < 4.78 is 18.9. The van der Waals surface area contributed by atoms with E-state index in [4.69, 9.17) is 4.74 Å². The fraction of sp³-hybridized carbons (Fsp3) is 0.111. The Hall–Kier alpha value is -2.95. The number of aromatic nitrogens is 1. The van der Waals surface area contributed by atoms with Crippen molar-refractivity contribution in [3.05, 3.63) is 65.6 Å². The van der Waals surface area contributed by atoms with Gasteiger partial charge in [-0.1, -0.05) is 30.3 Å². The van der Waals surface area contributed by atoms with Crippen LogP contribution < -0.4 is 10.2 Å². The molecule has 0 bridgehead atoms. The summed E-state index contributed by atoms with van der Waals surface area (Å²) in [6.45, 7) is 1.90. The van der Waals surface area contributed by atoms with Crippen molar-refractivity contribution in [2.24, 2.45) is 5.10 Å². The molecular formula is C18H16FN3O. The van der Waals surface area contributed by atoms with Gasteiger partial charge in [-0.2, -0.15) is 5.10 Å². The van der Waals surface area contributed by atoms with Gasteiger partial charge in [0.25, 0.3) is 0 Å². The van der Waals surface area contributed by atoms with Crippen LogP contribution in [-0.2, 0) is 0 Å². The van der Waals surface area contributed by atoms with Crippen LogP contribution in [-0.4, -0.2) is 18.3 Å². The van der Waals surface area contributed by atoms with Crippen LogP contribution in [0.5, 0.6) is 5.75 Å². The minimum Gasteiger partial charge on any atom is -0.494 e. The lowest BCUT2D eigenvalue weighted by molar-refractivity contribution is 0.419. The lowest BCUT2D eigenvalue weighted by Crippen LogP contribution is -1.97. The van der Waals surface area contributed by atoms with Gasteiger partial charge in [-0.25, -0.2) is 9.37 Å². The van der Waals surface area contributed by atoms with Gasteiger partial charge in [-0.15, -0.1) is 0 Å². The minimum absolute atomic E-state index is 0.310. The zero-order valence-electron chi connectivity index (χ0n) is 12.9. The molecule has 0 saturated heterocycles. The third-order valence-corrected chi connectivity index (χ3v) is 3.44. The van der Waals surface area contributed by atoms with Crippen molar-refractivity contribution in [1.82, 2.24) is 4.98 Å². The predicted molar refractivity (Wildman–Crippen MR) is 90.6 cm³/mol. The number of hydrogen-bond acceptors (Lipinski definition) is 4. The first-order valence-electron chi connectivity index (χ1n) is 7.17. The first-order valence-corrected chi connectivity index (χ1v) is 7.17. The summed E-state index contributed by atoms with van der Waals surface area (Å²) in [4.78, 5) is 4.51. The summed E-state index contributed by atoms with van der Waals surface area (Å²) >= 11 is 0. The summed E-state index contributed by atoms with van der Waals surface area (Å²) in [5.74, 6) is 0.391. The Morgan fingerprint density at radius 3 is 2.78 bits per heavy atom. The standard InChI is InChI=1S/C18H16FN3O/c1-12-10-16(14-7-5-9-17(23-2)18(14)21-12)22-20-11-13-6-3-4-8-15(13)19/h3-11H,1-2H3,(H,21,22)/b20-11-. The number of ether oxygens (including phenoxy) is 1. The van der Waals surface area contributed by atoms with Crippen LogP contribution in [0.1, 0.15) is 11.3 Å². The molecule has 0 saturated carbocycles. The zero-order chi connectivity index (χ0) is 16.2. The largest absolute Gasteiger partial charge is 0.494 e. The van der Waals surface area contributed by atoms with Crippen LogP contribution >= 0.6 is 0 Å². The molecule has 0 amide bonds. The van der Waals surface area contributed by atoms with Gasteiger partial charge in [0.1, 0.15) is 17.1 Å². The molecule has 0 aliphatic rings. The van der Waals surface area contributed by atoms with E-state index in [1.165, 1.54) is 12.3 Å². The number of nitrogens with zero attached hydrogens (tertiary/aromatic N) is 2. The number of hydrogen-bond donors (Lipinski definition) is 1. The maximum atomic E-state index is 13.6. The van der Waals surface area contributed by atoms with Crippen LogP contribution in [0.4, 0.5) is 10.1 Å². The van der Waals surface area contributed by atoms with E-state index in [9.17, 15) is 4.39 Å². The van der Waals surface area contributed by atoms with E-state index in [-0.39, 0.29) is 5.82 Å². The second-order valence-electron chi connectivity index (χ2n) is 5.06. The van der Waals surface area contributed by atoms with Gasteiger partial charge in [-0.05, 0) is 25.1 Å². The smallest absolute Gasteiger partial charge is 0.145 e. The van der Waals surface area contributed by atoms with E-state index in [0.717, 1.165) is 22.3 Å². The third-order valence-electron chi connectivity index (χ3n) is 3.44. The molecule has 23 heavy (non-hydrogen) atoms. The summed E-state index contributed by atoms with van der Waals surface area (Å²) in [5, 5.41) is 5.03. The molecule has 1 heterocycles. The molecule has 5 heteroatoms. The molecular weight excluding hydrogens is 293 g/mol. The number of fused-ring (bicyclic) bond motifs is 1. The number of nitrogens with one attached hydrogen (secondary N) is 1. The molecule has 116 valence electrons. The normalized spacial score (nSPS) is 11.1. The van der Waals surface area contributed by atoms with Gasteiger partial charge in [0.05, 0.1) is 19.0 Å². The summed E-state index contributed by atoms with van der Waals surface area (Å²) in [6.07, 6.45) is 1.46. The van der Waals surface area contributed by atoms with Crippen LogP contribution in [0.3, 0.4) is 0 Å². The first-order chi connectivity index (χ1) is 11.2. The second kappa shape index (κ2) is 6.44. The molecule has 0 aliphatic carbocycles. The van der Waals surface area contributed by atoms with E-state index >= 15 is 0 Å². The van der Waals surface area contributed by atoms with Gasteiger partial charge < -0.3 is 4.74 Å². The van der Waals surface area contributed by atoms with Crippen LogP contribution in [0.15, 0.2) is 53.6 Å². The lowest BCUT2D eigenvalue weighted by Gasteiger charge is -2.10. The number of pyridine rings is 1. The van der Waals surface area contributed by atoms with Crippen LogP contribution in [0.25, 0.3) is 10.9 Å². The topological polar surface area (TPSA) is 46.5 Å². The molecule has 0 fully saturated rings. The van der Waals surface area contributed by atoms with Crippen LogP contribution in [0.2, 0.25) is 0 Å². The summed E-state index contributed by atoms with van der Waals surface area (Å²) in [7, 11) is 1.61. The van der Waals surface area contributed by atoms with Gasteiger partial charge in [-0.3, -0.25) is 5.43 Å². The minimum atomic E-state index is -0.310. The molecule has 0 spiro atoms. The Labute approximate surface area is 133 Å². The fourth-order valence-electron chi connectivity index (χ4n) is 2.36. The average molecular weight is 309 g/mol. The Bertz CT molecular complexity index is 877. The average Bonchev–Trinajstić information content (AvgIpc) is 2.56.